The molecule has 0 saturated heterocycles. The Bertz CT molecular complexity index is 239. The van der Waals surface area contributed by atoms with Crippen molar-refractivity contribution in [3.63, 3.8) is 0 Å². The van der Waals surface area contributed by atoms with Gasteiger partial charge in [-0.15, -0.1) is 0 Å². The minimum atomic E-state index is -0.753. The molecule has 0 radical (unpaired) electrons. The lowest BCUT2D eigenvalue weighted by atomic mass is 9.72. The Labute approximate surface area is 83.2 Å². The maximum atomic E-state index is 11.4. The van der Waals surface area contributed by atoms with E-state index >= 15 is 0 Å². The summed E-state index contributed by atoms with van der Waals surface area (Å²) >= 11 is 0. The van der Waals surface area contributed by atoms with E-state index in [0.717, 1.165) is 0 Å². The summed E-state index contributed by atoms with van der Waals surface area (Å²) in [5.74, 6) is -1.26. The molecule has 1 aliphatic rings. The largest absolute Gasteiger partial charge is 0.481 e. The standard InChI is InChI=1S/C10H16O4/c1-10(9(13)14-2)5-3-7(4-6-10)8(11)12/h7H,3-6H2,1-2H3,(H,11,12)/t7-,10-. The second-order valence-electron chi connectivity index (χ2n) is 4.16. The summed E-state index contributed by atoms with van der Waals surface area (Å²) in [5, 5.41) is 8.79. The molecule has 0 aromatic carbocycles. The minimum Gasteiger partial charge on any atom is -0.481 e. The highest BCUT2D eigenvalue weighted by atomic mass is 16.5. The Morgan fingerprint density at radius 3 is 2.21 bits per heavy atom. The molecular weight excluding hydrogens is 184 g/mol. The average molecular weight is 200 g/mol. The molecule has 0 aromatic heterocycles. The number of methoxy groups -OCH3 is 1. The SMILES string of the molecule is COC(=O)[C@]1(C)CC[C@@H](C(=O)O)CC1. The van der Waals surface area contributed by atoms with Gasteiger partial charge in [-0.05, 0) is 32.6 Å². The number of ether oxygens (including phenoxy) is 1. The number of carboxylic acids is 1. The van der Waals surface area contributed by atoms with Crippen LogP contribution in [0, 0.1) is 11.3 Å². The van der Waals surface area contributed by atoms with Gasteiger partial charge < -0.3 is 9.84 Å². The normalized spacial score (nSPS) is 32.3. The van der Waals surface area contributed by atoms with Crippen LogP contribution in [0.3, 0.4) is 0 Å². The molecule has 80 valence electrons. The maximum Gasteiger partial charge on any atom is 0.311 e. The lowest BCUT2D eigenvalue weighted by molar-refractivity contribution is -0.157. The molecule has 0 atom stereocenters. The predicted octanol–water partition coefficient (Wildman–Crippen LogP) is 1.44. The number of rotatable bonds is 2. The van der Waals surface area contributed by atoms with Crippen molar-refractivity contribution in [2.45, 2.75) is 32.6 Å². The first-order valence-electron chi connectivity index (χ1n) is 4.81. The number of hydrogen-bond acceptors (Lipinski definition) is 3. The van der Waals surface area contributed by atoms with Gasteiger partial charge in [0.05, 0.1) is 18.4 Å². The molecule has 1 N–H and O–H groups in total. The van der Waals surface area contributed by atoms with Crippen molar-refractivity contribution in [2.24, 2.45) is 11.3 Å². The molecular formula is C10H16O4. The Morgan fingerprint density at radius 1 is 1.36 bits per heavy atom. The Hall–Kier alpha value is -1.06. The molecule has 0 aromatic rings. The highest BCUT2D eigenvalue weighted by Gasteiger charge is 2.40. The number of carboxylic acid groups (broad SMARTS) is 1. The minimum absolute atomic E-state index is 0.221. The average Bonchev–Trinajstić information content (AvgIpc) is 2.17. The van der Waals surface area contributed by atoms with Crippen LogP contribution in [0.1, 0.15) is 32.6 Å². The third kappa shape index (κ3) is 2.05. The fourth-order valence-corrected chi connectivity index (χ4v) is 1.95. The molecule has 0 heterocycles. The monoisotopic (exact) mass is 200 g/mol. The van der Waals surface area contributed by atoms with Crippen LogP contribution in [-0.2, 0) is 14.3 Å². The van der Waals surface area contributed by atoms with Gasteiger partial charge in [0.15, 0.2) is 0 Å². The van der Waals surface area contributed by atoms with Gasteiger partial charge in [0.25, 0.3) is 0 Å². The van der Waals surface area contributed by atoms with Gasteiger partial charge in [-0.3, -0.25) is 9.59 Å². The van der Waals surface area contributed by atoms with Crippen molar-refractivity contribution in [3.8, 4) is 0 Å². The third-order valence-electron chi connectivity index (χ3n) is 3.12. The first kappa shape index (κ1) is 11.0. The summed E-state index contributed by atoms with van der Waals surface area (Å²) < 4.78 is 4.70. The smallest absolute Gasteiger partial charge is 0.311 e. The molecule has 1 fully saturated rings. The highest BCUT2D eigenvalue weighted by molar-refractivity contribution is 5.77. The van der Waals surface area contributed by atoms with Crippen molar-refractivity contribution < 1.29 is 19.4 Å². The van der Waals surface area contributed by atoms with Crippen LogP contribution in [0.25, 0.3) is 0 Å². The fourth-order valence-electron chi connectivity index (χ4n) is 1.95. The zero-order valence-electron chi connectivity index (χ0n) is 8.58. The number of hydrogen-bond donors (Lipinski definition) is 1. The van der Waals surface area contributed by atoms with Gasteiger partial charge in [-0.1, -0.05) is 0 Å². The first-order valence-corrected chi connectivity index (χ1v) is 4.81. The van der Waals surface area contributed by atoms with Gasteiger partial charge in [0.2, 0.25) is 0 Å². The zero-order valence-corrected chi connectivity index (χ0v) is 8.58. The lowest BCUT2D eigenvalue weighted by Crippen LogP contribution is -2.35. The second kappa shape index (κ2) is 3.98. The molecule has 0 bridgehead atoms. The van der Waals surface area contributed by atoms with E-state index in [9.17, 15) is 9.59 Å². The van der Waals surface area contributed by atoms with E-state index in [4.69, 9.17) is 9.84 Å². The van der Waals surface area contributed by atoms with E-state index in [1.807, 2.05) is 6.92 Å². The van der Waals surface area contributed by atoms with Crippen molar-refractivity contribution >= 4 is 11.9 Å². The number of esters is 1. The van der Waals surface area contributed by atoms with Crippen LogP contribution in [0.4, 0.5) is 0 Å². The van der Waals surface area contributed by atoms with Crippen LogP contribution in [0.15, 0.2) is 0 Å². The van der Waals surface area contributed by atoms with Gasteiger partial charge in [0, 0.05) is 0 Å². The molecule has 0 spiro atoms. The summed E-state index contributed by atoms with van der Waals surface area (Å²) in [6.07, 6.45) is 2.36. The van der Waals surface area contributed by atoms with Crippen molar-refractivity contribution in [1.82, 2.24) is 0 Å². The predicted molar refractivity (Wildman–Crippen MR) is 49.7 cm³/mol. The summed E-state index contributed by atoms with van der Waals surface area (Å²) in [6.45, 7) is 1.84. The lowest BCUT2D eigenvalue weighted by Gasteiger charge is -2.33. The Kier molecular flexibility index (Phi) is 3.13. The van der Waals surface area contributed by atoms with Crippen molar-refractivity contribution in [3.05, 3.63) is 0 Å². The molecule has 14 heavy (non-hydrogen) atoms. The highest BCUT2D eigenvalue weighted by Crippen LogP contribution is 2.39. The van der Waals surface area contributed by atoms with E-state index in [1.54, 1.807) is 0 Å². The molecule has 1 aliphatic carbocycles. The van der Waals surface area contributed by atoms with E-state index in [1.165, 1.54) is 7.11 Å². The van der Waals surface area contributed by atoms with Gasteiger partial charge in [-0.2, -0.15) is 0 Å². The van der Waals surface area contributed by atoms with Crippen LogP contribution >= 0.6 is 0 Å². The van der Waals surface area contributed by atoms with Gasteiger partial charge in [0.1, 0.15) is 0 Å². The van der Waals surface area contributed by atoms with Crippen LogP contribution < -0.4 is 0 Å². The maximum absolute atomic E-state index is 11.4. The number of aliphatic carboxylic acids is 1. The number of carbonyl (C=O) groups is 2. The molecule has 0 amide bonds. The van der Waals surface area contributed by atoms with Gasteiger partial charge in [-0.25, -0.2) is 0 Å². The molecule has 1 saturated carbocycles. The second-order valence-corrected chi connectivity index (χ2v) is 4.16. The summed E-state index contributed by atoms with van der Waals surface area (Å²) in [7, 11) is 1.37. The summed E-state index contributed by atoms with van der Waals surface area (Å²) in [5.41, 5.74) is -0.472. The Balaban J connectivity index is 2.57. The Morgan fingerprint density at radius 2 is 1.86 bits per heavy atom. The topological polar surface area (TPSA) is 63.6 Å². The molecule has 4 heteroatoms. The van der Waals surface area contributed by atoms with Gasteiger partial charge >= 0.3 is 11.9 Å². The van der Waals surface area contributed by atoms with Crippen LogP contribution in [0.5, 0.6) is 0 Å². The van der Waals surface area contributed by atoms with E-state index in [0.29, 0.717) is 25.7 Å². The molecule has 4 nitrogen and oxygen atoms in total. The molecule has 0 aliphatic heterocycles. The van der Waals surface area contributed by atoms with E-state index in [-0.39, 0.29) is 11.9 Å². The summed E-state index contributed by atoms with van der Waals surface area (Å²) in [4.78, 5) is 22.1. The summed E-state index contributed by atoms with van der Waals surface area (Å²) in [6, 6.07) is 0. The van der Waals surface area contributed by atoms with Crippen molar-refractivity contribution in [2.75, 3.05) is 7.11 Å². The van der Waals surface area contributed by atoms with Crippen molar-refractivity contribution in [1.29, 1.82) is 0 Å². The molecule has 0 unspecified atom stereocenters. The van der Waals surface area contributed by atoms with Crippen LogP contribution in [-0.4, -0.2) is 24.2 Å². The number of carbonyl (C=O) groups excluding carboxylic acids is 1. The third-order valence-corrected chi connectivity index (χ3v) is 3.12. The fraction of sp³-hybridized carbons (Fsp3) is 0.800. The first-order chi connectivity index (χ1) is 6.49. The quantitative estimate of drug-likeness (QED) is 0.685. The van der Waals surface area contributed by atoms with Crippen LogP contribution in [0.2, 0.25) is 0 Å². The zero-order chi connectivity index (χ0) is 10.8. The van der Waals surface area contributed by atoms with E-state index in [2.05, 4.69) is 0 Å². The van der Waals surface area contributed by atoms with E-state index < -0.39 is 11.4 Å². The molecule has 1 rings (SSSR count).